The van der Waals surface area contributed by atoms with Crippen LogP contribution in [0, 0.1) is 7.43 Å². The van der Waals surface area contributed by atoms with E-state index in [0.29, 0.717) is 0 Å². The Bertz CT molecular complexity index is 30.6. The van der Waals surface area contributed by atoms with Crippen molar-refractivity contribution in [1.29, 1.82) is 0 Å². The van der Waals surface area contributed by atoms with Crippen LogP contribution >= 0.6 is 0 Å². The third-order valence-electron chi connectivity index (χ3n) is 0. The molecule has 0 aromatic carbocycles. The second-order valence-electron chi connectivity index (χ2n) is 0.338. The highest BCUT2D eigenvalue weighted by atomic mass is 16.4. The summed E-state index contributed by atoms with van der Waals surface area (Å²) in [5, 5.41) is 7.19. The summed E-state index contributed by atoms with van der Waals surface area (Å²) in [5.74, 6) is 0. The van der Waals surface area contributed by atoms with Crippen molar-refractivity contribution in [2.75, 3.05) is 0 Å². The SMILES string of the molecule is NC(=O)O.[C]. The molecule has 0 unspecified atom stereocenters. The van der Waals surface area contributed by atoms with Gasteiger partial charge in [0.1, 0.15) is 0 Å². The molecule has 0 fully saturated rings. The quantitative estimate of drug-likeness (QED) is 0.413. The third-order valence-corrected chi connectivity index (χ3v) is 0. The first-order chi connectivity index (χ1) is 1.73. The fourth-order valence-corrected chi connectivity index (χ4v) is 0. The molecule has 0 heterocycles. The van der Waals surface area contributed by atoms with E-state index >= 15 is 0 Å². The maximum atomic E-state index is 8.78. The molecular formula is C2H3NO2. The molecule has 0 aromatic heterocycles. The average Bonchev–Trinajstić information content (AvgIpc) is 0.811. The first-order valence-electron chi connectivity index (χ1n) is 0.716. The van der Waals surface area contributed by atoms with E-state index in [1.165, 1.54) is 0 Å². The molecule has 4 radical (unpaired) electrons. The lowest BCUT2D eigenvalue weighted by Gasteiger charge is -1.61. The van der Waals surface area contributed by atoms with E-state index < -0.39 is 6.09 Å². The van der Waals surface area contributed by atoms with Crippen molar-refractivity contribution in [2.24, 2.45) is 5.73 Å². The Morgan fingerprint density at radius 2 is 1.80 bits per heavy atom. The second-order valence-corrected chi connectivity index (χ2v) is 0.338. The summed E-state index contributed by atoms with van der Waals surface area (Å²) in [6.07, 6.45) is -1.33. The molecule has 0 bridgehead atoms. The van der Waals surface area contributed by atoms with Crippen LogP contribution in [0.1, 0.15) is 0 Å². The van der Waals surface area contributed by atoms with Gasteiger partial charge in [-0.25, -0.2) is 4.79 Å². The van der Waals surface area contributed by atoms with Gasteiger partial charge in [0.25, 0.3) is 0 Å². The summed E-state index contributed by atoms with van der Waals surface area (Å²) >= 11 is 0. The fourth-order valence-electron chi connectivity index (χ4n) is 0. The van der Waals surface area contributed by atoms with Crippen molar-refractivity contribution in [2.45, 2.75) is 0 Å². The van der Waals surface area contributed by atoms with Gasteiger partial charge in [0, 0.05) is 7.43 Å². The number of amides is 1. The van der Waals surface area contributed by atoms with Gasteiger partial charge in [0.15, 0.2) is 0 Å². The minimum atomic E-state index is -1.33. The predicted molar refractivity (Wildman–Crippen MR) is 15.5 cm³/mol. The largest absolute Gasteiger partial charge is 0.465 e. The van der Waals surface area contributed by atoms with Crippen LogP contribution in [-0.4, -0.2) is 11.2 Å². The molecule has 1 amide bonds. The van der Waals surface area contributed by atoms with Gasteiger partial charge in [-0.05, 0) is 0 Å². The van der Waals surface area contributed by atoms with E-state index in [9.17, 15) is 0 Å². The Hall–Kier alpha value is -0.730. The molecule has 0 aliphatic heterocycles. The van der Waals surface area contributed by atoms with Crippen LogP contribution in [0.25, 0.3) is 0 Å². The number of carboxylic acid groups (broad SMARTS) is 1. The van der Waals surface area contributed by atoms with Crippen molar-refractivity contribution in [3.8, 4) is 0 Å². The third kappa shape index (κ3) is 9.90. The number of nitrogens with two attached hydrogens (primary N) is 1. The molecule has 3 nitrogen and oxygen atoms in total. The molecule has 0 atom stereocenters. The van der Waals surface area contributed by atoms with Crippen molar-refractivity contribution in [3.63, 3.8) is 0 Å². The molecule has 0 saturated heterocycles. The topological polar surface area (TPSA) is 63.3 Å². The number of hydrogen-bond donors (Lipinski definition) is 2. The lowest BCUT2D eigenvalue weighted by molar-refractivity contribution is 0.205. The lowest BCUT2D eigenvalue weighted by atomic mass is 11.3. The number of hydrogen-bond acceptors (Lipinski definition) is 1. The van der Waals surface area contributed by atoms with E-state index in [-0.39, 0.29) is 7.43 Å². The molecule has 5 heavy (non-hydrogen) atoms. The zero-order valence-corrected chi connectivity index (χ0v) is 2.43. The maximum absolute atomic E-state index is 8.78. The average molecular weight is 73.1 g/mol. The van der Waals surface area contributed by atoms with Gasteiger partial charge in [-0.1, -0.05) is 0 Å². The van der Waals surface area contributed by atoms with E-state index in [4.69, 9.17) is 9.90 Å². The van der Waals surface area contributed by atoms with Gasteiger partial charge in [-0.3, -0.25) is 0 Å². The highest BCUT2D eigenvalue weighted by molar-refractivity contribution is 5.61. The van der Waals surface area contributed by atoms with Gasteiger partial charge in [0.2, 0.25) is 0 Å². The van der Waals surface area contributed by atoms with Crippen LogP contribution in [0.15, 0.2) is 0 Å². The standard InChI is InChI=1S/CH3NO2.C/c2-1(3)4;/h2H2,(H,3,4);. The molecule has 3 N–H and O–H groups in total. The Balaban J connectivity index is 0. The van der Waals surface area contributed by atoms with E-state index in [1.54, 1.807) is 0 Å². The first-order valence-corrected chi connectivity index (χ1v) is 0.716. The molecule has 3 heteroatoms. The monoisotopic (exact) mass is 73.0 g/mol. The minimum Gasteiger partial charge on any atom is -0.465 e. The number of rotatable bonds is 0. The smallest absolute Gasteiger partial charge is 0.402 e. The summed E-state index contributed by atoms with van der Waals surface area (Å²) in [5.41, 5.74) is 4.03. The molecule has 0 aliphatic rings. The molecule has 0 aromatic rings. The van der Waals surface area contributed by atoms with E-state index in [0.717, 1.165) is 0 Å². The highest BCUT2D eigenvalue weighted by Gasteiger charge is 1.65. The molecule has 0 spiro atoms. The summed E-state index contributed by atoms with van der Waals surface area (Å²) in [7, 11) is 0. The zero-order valence-electron chi connectivity index (χ0n) is 2.43. The Morgan fingerprint density at radius 3 is 1.80 bits per heavy atom. The van der Waals surface area contributed by atoms with Crippen LogP contribution in [0.2, 0.25) is 0 Å². The van der Waals surface area contributed by atoms with E-state index in [1.807, 2.05) is 0 Å². The predicted octanol–water partition coefficient (Wildman–Crippen LogP) is -0.296. The van der Waals surface area contributed by atoms with Crippen LogP contribution in [0.5, 0.6) is 0 Å². The molecule has 28 valence electrons. The van der Waals surface area contributed by atoms with Gasteiger partial charge in [-0.2, -0.15) is 0 Å². The number of primary amides is 1. The highest BCUT2D eigenvalue weighted by Crippen LogP contribution is 1.34. The Labute approximate surface area is 30.4 Å². The van der Waals surface area contributed by atoms with Crippen molar-refractivity contribution < 1.29 is 9.90 Å². The Morgan fingerprint density at radius 1 is 1.80 bits per heavy atom. The lowest BCUT2D eigenvalue weighted by Crippen LogP contribution is -2.03. The zero-order chi connectivity index (χ0) is 3.58. The maximum Gasteiger partial charge on any atom is 0.402 e. The van der Waals surface area contributed by atoms with Crippen molar-refractivity contribution in [1.82, 2.24) is 0 Å². The van der Waals surface area contributed by atoms with Gasteiger partial charge < -0.3 is 10.8 Å². The fraction of sp³-hybridized carbons (Fsp3) is 0. The Kier molecular flexibility index (Phi) is 5.79. The van der Waals surface area contributed by atoms with E-state index in [2.05, 4.69) is 5.73 Å². The summed E-state index contributed by atoms with van der Waals surface area (Å²) in [6.45, 7) is 0. The van der Waals surface area contributed by atoms with Gasteiger partial charge in [-0.15, -0.1) is 0 Å². The van der Waals surface area contributed by atoms with Gasteiger partial charge >= 0.3 is 6.09 Å². The molecule has 0 rings (SSSR count). The van der Waals surface area contributed by atoms with Crippen LogP contribution in [0.3, 0.4) is 0 Å². The summed E-state index contributed by atoms with van der Waals surface area (Å²) in [6, 6.07) is 0. The molecular weight excluding hydrogens is 70.0 g/mol. The normalized spacial score (nSPS) is 4.80. The second kappa shape index (κ2) is 3.27. The minimum absolute atomic E-state index is 0. The van der Waals surface area contributed by atoms with Crippen molar-refractivity contribution in [3.05, 3.63) is 7.43 Å². The van der Waals surface area contributed by atoms with Gasteiger partial charge in [0.05, 0.1) is 0 Å². The molecule has 0 saturated carbocycles. The first kappa shape index (κ1) is 8.86. The van der Waals surface area contributed by atoms with Crippen molar-refractivity contribution >= 4 is 6.09 Å². The molecule has 0 aliphatic carbocycles. The van der Waals surface area contributed by atoms with Crippen LogP contribution in [0.4, 0.5) is 4.79 Å². The van der Waals surface area contributed by atoms with Crippen LogP contribution in [-0.2, 0) is 0 Å². The van der Waals surface area contributed by atoms with Crippen LogP contribution < -0.4 is 5.73 Å². The number of carbonyl (C=O) groups is 1. The summed E-state index contributed by atoms with van der Waals surface area (Å²) < 4.78 is 0. The summed E-state index contributed by atoms with van der Waals surface area (Å²) in [4.78, 5) is 8.78.